The molecule has 0 unspecified atom stereocenters. The van der Waals surface area contributed by atoms with Gasteiger partial charge in [0.05, 0.1) is 12.5 Å². The number of methoxy groups -OCH3 is 1. The Morgan fingerprint density at radius 1 is 1.08 bits per heavy atom. The zero-order chi connectivity index (χ0) is 18.2. The van der Waals surface area contributed by atoms with Gasteiger partial charge in [0.1, 0.15) is 5.75 Å². The van der Waals surface area contributed by atoms with Crippen molar-refractivity contribution in [1.29, 1.82) is 0 Å². The Balaban J connectivity index is 2.50. The number of rotatable bonds is 10. The van der Waals surface area contributed by atoms with Crippen LogP contribution in [0.3, 0.4) is 0 Å². The van der Waals surface area contributed by atoms with Crippen molar-refractivity contribution in [2.75, 3.05) is 13.7 Å². The molecular weight excluding hydrogens is 310 g/mol. The molecule has 1 rings (SSSR count). The second kappa shape index (κ2) is 9.05. The fourth-order valence-electron chi connectivity index (χ4n) is 2.38. The Labute approximate surface area is 142 Å². The highest BCUT2D eigenvalue weighted by atomic mass is 16.5. The van der Waals surface area contributed by atoms with Crippen LogP contribution in [0.25, 0.3) is 0 Å². The van der Waals surface area contributed by atoms with E-state index in [1.165, 1.54) is 0 Å². The summed E-state index contributed by atoms with van der Waals surface area (Å²) >= 11 is 0. The first kappa shape index (κ1) is 19.7. The van der Waals surface area contributed by atoms with Crippen molar-refractivity contribution in [3.8, 4) is 5.75 Å². The van der Waals surface area contributed by atoms with Gasteiger partial charge in [-0.2, -0.15) is 0 Å². The zero-order valence-electron chi connectivity index (χ0n) is 14.4. The van der Waals surface area contributed by atoms with Crippen molar-refractivity contribution in [1.82, 2.24) is 5.32 Å². The first-order chi connectivity index (χ1) is 11.4. The van der Waals surface area contributed by atoms with Crippen LogP contribution < -0.4 is 10.1 Å². The summed E-state index contributed by atoms with van der Waals surface area (Å²) in [6, 6.07) is 6.69. The van der Waals surface area contributed by atoms with E-state index in [0.717, 1.165) is 0 Å². The maximum absolute atomic E-state index is 12.1. The largest absolute Gasteiger partial charge is 0.497 e. The molecule has 0 saturated heterocycles. The van der Waals surface area contributed by atoms with Gasteiger partial charge in [-0.15, -0.1) is 0 Å². The summed E-state index contributed by atoms with van der Waals surface area (Å²) in [6.45, 7) is 3.65. The van der Waals surface area contributed by atoms with Gasteiger partial charge < -0.3 is 15.2 Å². The van der Waals surface area contributed by atoms with Gasteiger partial charge >= 0.3 is 5.97 Å². The maximum Gasteiger partial charge on any atom is 0.311 e. The lowest BCUT2D eigenvalue weighted by atomic mass is 9.82. The fraction of sp³-hybridized carbons (Fsp3) is 0.500. The molecular formula is C18H25NO5. The minimum atomic E-state index is -0.949. The summed E-state index contributed by atoms with van der Waals surface area (Å²) in [4.78, 5) is 35.3. The molecule has 0 heterocycles. The monoisotopic (exact) mass is 335 g/mol. The molecule has 132 valence electrons. The van der Waals surface area contributed by atoms with Crippen molar-refractivity contribution < 1.29 is 24.2 Å². The summed E-state index contributed by atoms with van der Waals surface area (Å²) in [7, 11) is 1.55. The van der Waals surface area contributed by atoms with Crippen LogP contribution in [0.1, 0.15) is 49.9 Å². The molecule has 0 saturated carbocycles. The molecule has 0 fully saturated rings. The van der Waals surface area contributed by atoms with Crippen LogP contribution in [0.5, 0.6) is 5.75 Å². The molecule has 0 aliphatic rings. The van der Waals surface area contributed by atoms with Gasteiger partial charge in [-0.3, -0.25) is 14.4 Å². The first-order valence-corrected chi connectivity index (χ1v) is 8.06. The van der Waals surface area contributed by atoms with Gasteiger partial charge in [0.2, 0.25) is 5.91 Å². The van der Waals surface area contributed by atoms with Crippen molar-refractivity contribution in [3.63, 3.8) is 0 Å². The number of aliphatic carboxylic acids is 1. The van der Waals surface area contributed by atoms with Crippen LogP contribution >= 0.6 is 0 Å². The highest BCUT2D eigenvalue weighted by Gasteiger charge is 2.35. The topological polar surface area (TPSA) is 92.7 Å². The van der Waals surface area contributed by atoms with E-state index in [4.69, 9.17) is 4.74 Å². The lowest BCUT2D eigenvalue weighted by molar-refractivity contribution is -0.149. The van der Waals surface area contributed by atoms with E-state index in [2.05, 4.69) is 5.32 Å². The molecule has 1 aromatic rings. The smallest absolute Gasteiger partial charge is 0.311 e. The average molecular weight is 335 g/mol. The highest BCUT2D eigenvalue weighted by molar-refractivity contribution is 5.98. The number of ether oxygens (including phenoxy) is 1. The van der Waals surface area contributed by atoms with Crippen molar-refractivity contribution in [2.24, 2.45) is 5.41 Å². The minimum Gasteiger partial charge on any atom is -0.497 e. The van der Waals surface area contributed by atoms with Gasteiger partial charge in [0, 0.05) is 24.9 Å². The fourth-order valence-corrected chi connectivity index (χ4v) is 2.38. The number of hydrogen-bond donors (Lipinski definition) is 2. The number of carboxylic acids is 1. The Morgan fingerprint density at radius 2 is 1.67 bits per heavy atom. The maximum atomic E-state index is 12.1. The summed E-state index contributed by atoms with van der Waals surface area (Å²) in [6.07, 6.45) is 0.984. The van der Waals surface area contributed by atoms with Gasteiger partial charge in [0.25, 0.3) is 0 Å². The van der Waals surface area contributed by atoms with Crippen molar-refractivity contribution in [3.05, 3.63) is 29.8 Å². The minimum absolute atomic E-state index is 0.0357. The summed E-state index contributed by atoms with van der Waals surface area (Å²) in [5.74, 6) is -0.705. The van der Waals surface area contributed by atoms with Gasteiger partial charge in [-0.1, -0.05) is 13.8 Å². The SMILES string of the molecule is CCC(CC)(CNC(=O)CCC(=O)c1ccc(OC)cc1)C(=O)O. The molecule has 0 atom stereocenters. The Hall–Kier alpha value is -2.37. The molecule has 6 heteroatoms. The van der Waals surface area contributed by atoms with Crippen molar-refractivity contribution in [2.45, 2.75) is 39.5 Å². The molecule has 0 radical (unpaired) electrons. The number of benzene rings is 1. The number of carbonyl (C=O) groups is 3. The molecule has 1 amide bonds. The lowest BCUT2D eigenvalue weighted by Gasteiger charge is -2.26. The third-order valence-corrected chi connectivity index (χ3v) is 4.42. The Bertz CT molecular complexity index is 576. The summed E-state index contributed by atoms with van der Waals surface area (Å²) < 4.78 is 5.03. The van der Waals surface area contributed by atoms with E-state index >= 15 is 0 Å². The van der Waals surface area contributed by atoms with Crippen LogP contribution in [0.2, 0.25) is 0 Å². The Morgan fingerprint density at radius 3 is 2.12 bits per heavy atom. The second-order valence-electron chi connectivity index (χ2n) is 5.72. The normalized spacial score (nSPS) is 11.0. The number of carbonyl (C=O) groups excluding carboxylic acids is 2. The Kier molecular flexibility index (Phi) is 7.42. The number of Topliss-reactive ketones (excluding diaryl/α,β-unsaturated/α-hetero) is 1. The predicted molar refractivity (Wildman–Crippen MR) is 90.2 cm³/mol. The van der Waals surface area contributed by atoms with Gasteiger partial charge in [-0.25, -0.2) is 0 Å². The number of amides is 1. The van der Waals surface area contributed by atoms with Crippen molar-refractivity contribution >= 4 is 17.7 Å². The van der Waals surface area contributed by atoms with E-state index in [0.29, 0.717) is 24.2 Å². The van der Waals surface area contributed by atoms with Crippen LogP contribution in [0, 0.1) is 5.41 Å². The third kappa shape index (κ3) is 5.08. The average Bonchev–Trinajstić information content (AvgIpc) is 2.60. The van der Waals surface area contributed by atoms with Gasteiger partial charge in [0.15, 0.2) is 5.78 Å². The number of hydrogen-bond acceptors (Lipinski definition) is 4. The molecule has 24 heavy (non-hydrogen) atoms. The molecule has 6 nitrogen and oxygen atoms in total. The summed E-state index contributed by atoms with van der Waals surface area (Å²) in [5, 5.41) is 12.0. The number of ketones is 1. The standard InChI is InChI=1S/C18H25NO5/c1-4-18(5-2,17(22)23)12-19-16(21)11-10-15(20)13-6-8-14(24-3)9-7-13/h6-9H,4-5,10-12H2,1-3H3,(H,19,21)(H,22,23). The molecule has 0 aromatic heterocycles. The summed E-state index contributed by atoms with van der Waals surface area (Å²) in [5.41, 5.74) is -0.430. The van der Waals surface area contributed by atoms with E-state index in [1.54, 1.807) is 45.2 Å². The quantitative estimate of drug-likeness (QED) is 0.641. The highest BCUT2D eigenvalue weighted by Crippen LogP contribution is 2.25. The van der Waals surface area contributed by atoms with Crippen LogP contribution in [0.15, 0.2) is 24.3 Å². The lowest BCUT2D eigenvalue weighted by Crippen LogP contribution is -2.42. The van der Waals surface area contributed by atoms with E-state index in [9.17, 15) is 19.5 Å². The molecule has 2 N–H and O–H groups in total. The van der Waals surface area contributed by atoms with Gasteiger partial charge in [-0.05, 0) is 37.1 Å². The molecule has 0 bridgehead atoms. The molecule has 0 spiro atoms. The van der Waals surface area contributed by atoms with Crippen LogP contribution in [-0.2, 0) is 9.59 Å². The number of nitrogens with one attached hydrogen (secondary N) is 1. The molecule has 0 aliphatic carbocycles. The van der Waals surface area contributed by atoms with E-state index < -0.39 is 11.4 Å². The third-order valence-electron chi connectivity index (χ3n) is 4.42. The predicted octanol–water partition coefficient (Wildman–Crippen LogP) is 2.67. The van der Waals surface area contributed by atoms with Crippen LogP contribution in [-0.4, -0.2) is 36.4 Å². The van der Waals surface area contributed by atoms with E-state index in [1.807, 2.05) is 0 Å². The molecule has 0 aliphatic heterocycles. The first-order valence-electron chi connectivity index (χ1n) is 8.06. The second-order valence-corrected chi connectivity index (χ2v) is 5.72. The zero-order valence-corrected chi connectivity index (χ0v) is 14.4. The number of carboxylic acid groups (broad SMARTS) is 1. The molecule has 1 aromatic carbocycles. The van der Waals surface area contributed by atoms with E-state index in [-0.39, 0.29) is 31.1 Å². The van der Waals surface area contributed by atoms with Crippen LogP contribution in [0.4, 0.5) is 0 Å².